The Kier molecular flexibility index (Phi) is 44.9. The molecule has 9 heteroatoms. The second kappa shape index (κ2) is 36.2. The molecular weight excluding hydrogens is 467 g/mol. The topological polar surface area (TPSA) is 89.0 Å². The molecule has 0 spiro atoms. The molecule has 0 aromatic rings. The predicted molar refractivity (Wildman–Crippen MR) is 113 cm³/mol. The van der Waals surface area contributed by atoms with Crippen molar-refractivity contribution in [3.63, 3.8) is 0 Å². The van der Waals surface area contributed by atoms with Crippen LogP contribution in [0, 0.1) is 0 Å². The molecule has 6 nitrogen and oxygen atoms in total. The van der Waals surface area contributed by atoms with Crippen molar-refractivity contribution in [3.05, 3.63) is 0 Å². The third kappa shape index (κ3) is 45.9. The Labute approximate surface area is 176 Å². The second-order valence-electron chi connectivity index (χ2n) is 4.65. The number of hydrogen-bond donors (Lipinski definition) is 2. The summed E-state index contributed by atoms with van der Waals surface area (Å²) in [6.07, 6.45) is 2.45. The van der Waals surface area contributed by atoms with Crippen molar-refractivity contribution in [2.24, 2.45) is 11.5 Å². The Balaban J connectivity index is -0.000000503. The van der Waals surface area contributed by atoms with Crippen LogP contribution in [0.4, 0.5) is 0 Å². The molecule has 152 valence electrons. The molecule has 0 unspecified atom stereocenters. The van der Waals surface area contributed by atoms with Gasteiger partial charge in [0.15, 0.2) is 0 Å². The summed E-state index contributed by atoms with van der Waals surface area (Å²) in [5.74, 6) is 1.36. The van der Waals surface area contributed by atoms with E-state index >= 15 is 0 Å². The number of nitrogens with two attached hydrogens (primary N) is 2. The van der Waals surface area contributed by atoms with Gasteiger partial charge in [-0.15, -0.1) is 0 Å². The summed E-state index contributed by atoms with van der Waals surface area (Å²) in [6, 6.07) is 0. The maximum atomic E-state index is 5.41. The monoisotopic (exact) mass is 506 g/mol. The quantitative estimate of drug-likeness (QED) is 0.179. The van der Waals surface area contributed by atoms with E-state index in [4.69, 9.17) is 30.4 Å². The van der Waals surface area contributed by atoms with E-state index in [1.54, 1.807) is 14.2 Å². The van der Waals surface area contributed by atoms with E-state index < -0.39 is 0 Å². The molecule has 0 aromatic heterocycles. The van der Waals surface area contributed by atoms with Gasteiger partial charge in [-0.3, -0.25) is 0 Å². The van der Waals surface area contributed by atoms with Gasteiger partial charge in [0.05, 0.1) is 0 Å². The van der Waals surface area contributed by atoms with E-state index in [2.05, 4.69) is 25.3 Å². The number of methoxy groups -OCH3 is 2. The molecule has 0 saturated heterocycles. The summed E-state index contributed by atoms with van der Waals surface area (Å²) in [4.78, 5) is 0. The summed E-state index contributed by atoms with van der Waals surface area (Å²) in [5.41, 5.74) is 9.85. The zero-order chi connectivity index (χ0) is 19.4. The first-order valence-corrected chi connectivity index (χ1v) is 13.8. The average molecular weight is 505 g/mol. The Bertz CT molecular complexity index is 180. The van der Waals surface area contributed by atoms with Crippen LogP contribution in [0.1, 0.15) is 12.8 Å². The zero-order valence-electron chi connectivity index (χ0n) is 16.0. The molecule has 4 N–H and O–H groups in total. The van der Waals surface area contributed by atoms with Gasteiger partial charge in [-0.05, 0) is 13.1 Å². The van der Waals surface area contributed by atoms with E-state index in [-0.39, 0.29) is 21.1 Å². The van der Waals surface area contributed by atoms with Crippen LogP contribution in [0.5, 0.6) is 0 Å². The van der Waals surface area contributed by atoms with Gasteiger partial charge in [-0.2, -0.15) is 11.5 Å². The molecule has 0 fully saturated rings. The van der Waals surface area contributed by atoms with Crippen LogP contribution in [0.15, 0.2) is 0 Å². The molecule has 0 rings (SSSR count). The molecule has 0 aliphatic carbocycles. The smallest absolute Gasteiger partial charge is 0.0296 e. The molecule has 0 heterocycles. The fourth-order valence-electron chi connectivity index (χ4n) is 1.21. The zero-order valence-corrected chi connectivity index (χ0v) is 20.5. The minimum atomic E-state index is -0.149. The summed E-state index contributed by atoms with van der Waals surface area (Å²) >= 11 is 8.71. The van der Waals surface area contributed by atoms with Crippen molar-refractivity contribution >= 4 is 46.4 Å². The Hall–Kier alpha value is 1.26. The van der Waals surface area contributed by atoms with Gasteiger partial charge in [0, 0.05) is 0 Å². The van der Waals surface area contributed by atoms with Gasteiger partial charge in [0.2, 0.25) is 0 Å². The molecule has 0 bridgehead atoms. The van der Waals surface area contributed by atoms with Crippen molar-refractivity contribution in [3.8, 4) is 0 Å². The first kappa shape index (κ1) is 31.0. The third-order valence-electron chi connectivity index (χ3n) is 2.38. The summed E-state index contributed by atoms with van der Waals surface area (Å²) in [6.45, 7) is 5.94. The Morgan fingerprint density at radius 1 is 0.680 bits per heavy atom. The minimum Gasteiger partial charge on any atom is -0.791 e. The molecule has 0 atom stereocenters. The van der Waals surface area contributed by atoms with Gasteiger partial charge in [-0.25, -0.2) is 0 Å². The largest absolute Gasteiger partial charge is 0.791 e. The molecule has 0 radical (unpaired) electrons. The van der Waals surface area contributed by atoms with Crippen LogP contribution in [-0.2, 0) is 44.2 Å². The van der Waals surface area contributed by atoms with E-state index in [1.165, 1.54) is 21.7 Å². The van der Waals surface area contributed by atoms with Crippen molar-refractivity contribution in [2.45, 2.75) is 21.7 Å². The Morgan fingerprint density at radius 3 is 1.32 bits per heavy atom. The van der Waals surface area contributed by atoms with Crippen LogP contribution in [0.25, 0.3) is 0 Å². The van der Waals surface area contributed by atoms with Crippen molar-refractivity contribution in [1.29, 1.82) is 0 Å². The normalized spacial score (nSPS) is 9.52. The minimum absolute atomic E-state index is 0.149. The van der Waals surface area contributed by atoms with Crippen LogP contribution >= 0.6 is 0 Å². The van der Waals surface area contributed by atoms with Gasteiger partial charge in [-0.1, -0.05) is 0 Å². The molecular formula is C16H38N2O4S2Sn. The number of rotatable bonds is 16. The first-order chi connectivity index (χ1) is 12.2. The molecule has 0 aliphatic heterocycles. The molecule has 0 saturated carbocycles. The average Bonchev–Trinajstić information content (AvgIpc) is 2.66. The summed E-state index contributed by atoms with van der Waals surface area (Å²) in [5, 5.41) is 0. The molecule has 0 amide bonds. The summed E-state index contributed by atoms with van der Waals surface area (Å²) in [7, 11) is 3.40. The fraction of sp³-hybridized carbons (Fsp3) is 1.00. The van der Waals surface area contributed by atoms with Crippen LogP contribution in [0.3, 0.4) is 0 Å². The van der Waals surface area contributed by atoms with Crippen LogP contribution in [-0.4, -0.2) is 99.6 Å². The number of hydrogen-bond acceptors (Lipinski definition) is 8. The molecule has 25 heavy (non-hydrogen) atoms. The van der Waals surface area contributed by atoms with E-state index in [0.717, 1.165) is 26.4 Å². The van der Waals surface area contributed by atoms with Crippen LogP contribution < -0.4 is 11.5 Å². The van der Waals surface area contributed by atoms with Crippen molar-refractivity contribution < 1.29 is 18.9 Å². The SMILES string of the molecule is COCCOCC[CH2][Sn+2][CH2]CCOCCOC.NCC[S-].NCC[S-]. The first-order valence-electron chi connectivity index (χ1n) is 8.65. The maximum Gasteiger partial charge on any atom is -0.0296 e. The number of ether oxygens (including phenoxy) is 4. The maximum absolute atomic E-state index is 5.41. The Morgan fingerprint density at radius 2 is 1.04 bits per heavy atom. The summed E-state index contributed by atoms with van der Waals surface area (Å²) < 4.78 is 23.5. The van der Waals surface area contributed by atoms with Crippen molar-refractivity contribution in [1.82, 2.24) is 0 Å². The fourth-order valence-corrected chi connectivity index (χ4v) is 4.18. The van der Waals surface area contributed by atoms with Gasteiger partial charge < -0.3 is 36.7 Å². The predicted octanol–water partition coefficient (Wildman–Crippen LogP) is 0.617. The third-order valence-corrected chi connectivity index (χ3v) is 6.89. The second-order valence-corrected chi connectivity index (χ2v) is 9.75. The molecule has 0 aromatic carbocycles. The van der Waals surface area contributed by atoms with Gasteiger partial charge >= 0.3 is 116 Å². The van der Waals surface area contributed by atoms with Crippen molar-refractivity contribution in [2.75, 3.05) is 78.5 Å². The van der Waals surface area contributed by atoms with E-state index in [1.807, 2.05) is 0 Å². The van der Waals surface area contributed by atoms with Crippen LogP contribution in [0.2, 0.25) is 8.87 Å². The standard InChI is InChI=1S/2C6H13O2.2C2H7NS.Sn/c2*1-3-4-8-6-5-7-2;2*3-1-2-4;/h2*1,3-6H2,2H3;2*4H,1-3H2;/q;;;;+2/p-2. The van der Waals surface area contributed by atoms with Gasteiger partial charge in [0.25, 0.3) is 0 Å². The van der Waals surface area contributed by atoms with Gasteiger partial charge in [0.1, 0.15) is 0 Å². The van der Waals surface area contributed by atoms with E-state index in [9.17, 15) is 0 Å². The van der Waals surface area contributed by atoms with E-state index in [0.29, 0.717) is 37.8 Å². The molecule has 0 aliphatic rings.